The Morgan fingerprint density at radius 1 is 1.59 bits per heavy atom. The number of nitrogens with zero attached hydrogens (tertiary/aromatic N) is 3. The molecule has 0 aliphatic carbocycles. The Balaban J connectivity index is 1.78. The zero-order chi connectivity index (χ0) is 12.3. The first kappa shape index (κ1) is 12.5. The molecule has 2 aromatic heterocycles. The maximum absolute atomic E-state index is 5.91. The Kier molecular flexibility index (Phi) is 4.15. The molecule has 4 nitrogen and oxygen atoms in total. The van der Waals surface area contributed by atoms with Crippen LogP contribution in [0.15, 0.2) is 17.8 Å². The second-order valence-corrected chi connectivity index (χ2v) is 5.49. The molecule has 92 valence electrons. The minimum atomic E-state index is 0.308. The smallest absolute Gasteiger partial charge is 0.151 e. The summed E-state index contributed by atoms with van der Waals surface area (Å²) in [6.45, 7) is 2.99. The third-order valence-corrected chi connectivity index (χ3v) is 3.64. The molecule has 1 atom stereocenters. The third-order valence-electron chi connectivity index (χ3n) is 2.53. The van der Waals surface area contributed by atoms with Crippen molar-refractivity contribution in [2.24, 2.45) is 7.05 Å². The van der Waals surface area contributed by atoms with E-state index in [2.05, 4.69) is 27.7 Å². The van der Waals surface area contributed by atoms with Crippen LogP contribution < -0.4 is 5.32 Å². The van der Waals surface area contributed by atoms with E-state index >= 15 is 0 Å². The molecule has 2 rings (SSSR count). The van der Waals surface area contributed by atoms with Gasteiger partial charge in [-0.05, 0) is 23.9 Å². The molecule has 0 saturated carbocycles. The lowest BCUT2D eigenvalue weighted by atomic mass is 10.2. The van der Waals surface area contributed by atoms with Gasteiger partial charge in [0.1, 0.15) is 6.33 Å². The molecule has 0 aliphatic rings. The van der Waals surface area contributed by atoms with E-state index in [0.29, 0.717) is 6.04 Å². The lowest BCUT2D eigenvalue weighted by molar-refractivity contribution is 0.570. The normalized spacial score (nSPS) is 12.9. The summed E-state index contributed by atoms with van der Waals surface area (Å²) in [6.07, 6.45) is 2.56. The van der Waals surface area contributed by atoms with E-state index < -0.39 is 0 Å². The molecule has 2 heterocycles. The average molecular weight is 271 g/mol. The van der Waals surface area contributed by atoms with Gasteiger partial charge in [-0.3, -0.25) is 4.68 Å². The van der Waals surface area contributed by atoms with E-state index in [9.17, 15) is 0 Å². The molecule has 0 aliphatic heterocycles. The molecule has 2 aromatic rings. The van der Waals surface area contributed by atoms with Crippen LogP contribution in [0, 0.1) is 0 Å². The van der Waals surface area contributed by atoms with E-state index in [4.69, 9.17) is 11.6 Å². The fourth-order valence-electron chi connectivity index (χ4n) is 1.57. The minimum absolute atomic E-state index is 0.308. The highest BCUT2D eigenvalue weighted by Crippen LogP contribution is 2.24. The SMILES string of the molecule is CC(NCCc1ncn(C)n1)c1csc(Cl)c1. The number of hydrogen-bond donors (Lipinski definition) is 1. The molecule has 0 aromatic carbocycles. The van der Waals surface area contributed by atoms with Gasteiger partial charge in [0.15, 0.2) is 5.82 Å². The van der Waals surface area contributed by atoms with Crippen molar-refractivity contribution in [1.82, 2.24) is 20.1 Å². The van der Waals surface area contributed by atoms with Crippen molar-refractivity contribution in [3.8, 4) is 0 Å². The first-order chi connectivity index (χ1) is 8.15. The van der Waals surface area contributed by atoms with Gasteiger partial charge in [-0.25, -0.2) is 4.98 Å². The lowest BCUT2D eigenvalue weighted by Gasteiger charge is -2.11. The zero-order valence-electron chi connectivity index (χ0n) is 9.85. The summed E-state index contributed by atoms with van der Waals surface area (Å²) in [7, 11) is 1.87. The van der Waals surface area contributed by atoms with Gasteiger partial charge in [0.2, 0.25) is 0 Å². The second-order valence-electron chi connectivity index (χ2n) is 3.94. The van der Waals surface area contributed by atoms with E-state index in [1.165, 1.54) is 5.56 Å². The van der Waals surface area contributed by atoms with Gasteiger partial charge in [0.25, 0.3) is 0 Å². The Morgan fingerprint density at radius 3 is 3.00 bits per heavy atom. The van der Waals surface area contributed by atoms with Crippen LogP contribution in [0.3, 0.4) is 0 Å². The van der Waals surface area contributed by atoms with E-state index in [0.717, 1.165) is 23.1 Å². The Bertz CT molecular complexity index is 479. The van der Waals surface area contributed by atoms with Crippen molar-refractivity contribution in [2.45, 2.75) is 19.4 Å². The first-order valence-corrected chi connectivity index (χ1v) is 6.73. The summed E-state index contributed by atoms with van der Waals surface area (Å²) >= 11 is 7.47. The van der Waals surface area contributed by atoms with Gasteiger partial charge in [-0.15, -0.1) is 11.3 Å². The third kappa shape index (κ3) is 3.52. The minimum Gasteiger partial charge on any atom is -0.310 e. The fourth-order valence-corrected chi connectivity index (χ4v) is 2.55. The number of hydrogen-bond acceptors (Lipinski definition) is 4. The van der Waals surface area contributed by atoms with Crippen LogP contribution in [0.4, 0.5) is 0 Å². The molecule has 0 bridgehead atoms. The van der Waals surface area contributed by atoms with Crippen molar-refractivity contribution in [3.63, 3.8) is 0 Å². The molecule has 1 N–H and O–H groups in total. The largest absolute Gasteiger partial charge is 0.310 e. The van der Waals surface area contributed by atoms with E-state index in [-0.39, 0.29) is 0 Å². The van der Waals surface area contributed by atoms with Gasteiger partial charge in [-0.2, -0.15) is 5.10 Å². The summed E-state index contributed by atoms with van der Waals surface area (Å²) in [5, 5.41) is 9.74. The van der Waals surface area contributed by atoms with Crippen LogP contribution in [-0.2, 0) is 13.5 Å². The molecule has 6 heteroatoms. The topological polar surface area (TPSA) is 42.7 Å². The van der Waals surface area contributed by atoms with E-state index in [1.54, 1.807) is 22.3 Å². The van der Waals surface area contributed by atoms with Crippen LogP contribution >= 0.6 is 22.9 Å². The standard InChI is InChI=1S/C11H15ClN4S/c1-8(9-5-10(12)17-6-9)13-4-3-11-14-7-16(2)15-11/h5-8,13H,3-4H2,1-2H3. The highest BCUT2D eigenvalue weighted by atomic mass is 35.5. The lowest BCUT2D eigenvalue weighted by Crippen LogP contribution is -2.21. The molecule has 0 radical (unpaired) electrons. The molecule has 1 unspecified atom stereocenters. The van der Waals surface area contributed by atoms with Gasteiger partial charge in [0, 0.05) is 26.1 Å². The molecular formula is C11H15ClN4S. The van der Waals surface area contributed by atoms with Gasteiger partial charge in [0.05, 0.1) is 4.34 Å². The van der Waals surface area contributed by atoms with Gasteiger partial charge < -0.3 is 5.32 Å². The monoisotopic (exact) mass is 270 g/mol. The zero-order valence-corrected chi connectivity index (χ0v) is 11.4. The van der Waals surface area contributed by atoms with Crippen molar-refractivity contribution in [3.05, 3.63) is 33.5 Å². The van der Waals surface area contributed by atoms with Crippen molar-refractivity contribution >= 4 is 22.9 Å². The number of halogens is 1. The van der Waals surface area contributed by atoms with Gasteiger partial charge in [-0.1, -0.05) is 11.6 Å². The summed E-state index contributed by atoms with van der Waals surface area (Å²) < 4.78 is 2.55. The molecule has 0 amide bonds. The summed E-state index contributed by atoms with van der Waals surface area (Å²) in [4.78, 5) is 4.18. The number of rotatable bonds is 5. The first-order valence-electron chi connectivity index (χ1n) is 5.47. The number of aromatic nitrogens is 3. The van der Waals surface area contributed by atoms with Crippen molar-refractivity contribution in [2.75, 3.05) is 6.54 Å². The highest BCUT2D eigenvalue weighted by Gasteiger charge is 2.07. The molecule has 0 saturated heterocycles. The predicted molar refractivity (Wildman–Crippen MR) is 70.5 cm³/mol. The Labute approximate surface area is 110 Å². The fraction of sp³-hybridized carbons (Fsp3) is 0.455. The van der Waals surface area contributed by atoms with Crippen LogP contribution in [0.1, 0.15) is 24.4 Å². The molecule has 0 spiro atoms. The summed E-state index contributed by atoms with van der Waals surface area (Å²) in [5.74, 6) is 0.871. The number of aryl methyl sites for hydroxylation is 1. The maximum atomic E-state index is 5.91. The molecule has 17 heavy (non-hydrogen) atoms. The molecule has 0 fully saturated rings. The van der Waals surface area contributed by atoms with Crippen molar-refractivity contribution < 1.29 is 0 Å². The van der Waals surface area contributed by atoms with E-state index in [1.807, 2.05) is 13.1 Å². The average Bonchev–Trinajstić information content (AvgIpc) is 2.88. The predicted octanol–water partition coefficient (Wildman–Crippen LogP) is 2.42. The van der Waals surface area contributed by atoms with Crippen LogP contribution in [0.25, 0.3) is 0 Å². The highest BCUT2D eigenvalue weighted by molar-refractivity contribution is 7.14. The Morgan fingerprint density at radius 2 is 2.41 bits per heavy atom. The number of nitrogens with one attached hydrogen (secondary N) is 1. The van der Waals surface area contributed by atoms with Gasteiger partial charge >= 0.3 is 0 Å². The summed E-state index contributed by atoms with van der Waals surface area (Å²) in [5.41, 5.74) is 1.23. The Hall–Kier alpha value is -0.910. The molecular weight excluding hydrogens is 256 g/mol. The van der Waals surface area contributed by atoms with Crippen LogP contribution in [0.2, 0.25) is 4.34 Å². The summed E-state index contributed by atoms with van der Waals surface area (Å²) in [6, 6.07) is 2.31. The number of thiophene rings is 1. The second kappa shape index (κ2) is 5.62. The maximum Gasteiger partial charge on any atom is 0.151 e. The van der Waals surface area contributed by atoms with Crippen LogP contribution in [-0.4, -0.2) is 21.3 Å². The quantitative estimate of drug-likeness (QED) is 0.907. The van der Waals surface area contributed by atoms with Crippen LogP contribution in [0.5, 0.6) is 0 Å². The van der Waals surface area contributed by atoms with Crippen molar-refractivity contribution in [1.29, 1.82) is 0 Å².